The van der Waals surface area contributed by atoms with Crippen LogP contribution in [0.25, 0.3) is 0 Å². The van der Waals surface area contributed by atoms with Gasteiger partial charge in [0.25, 0.3) is 0 Å². The molecule has 1 N–H and O–H groups in total. The SMILES string of the molecule is OCC=Pc1ccccc1. The summed E-state index contributed by atoms with van der Waals surface area (Å²) in [5.74, 6) is 1.81. The largest absolute Gasteiger partial charge is 0.392 e. The molecule has 1 nitrogen and oxygen atoms in total. The quantitative estimate of drug-likeness (QED) is 0.628. The van der Waals surface area contributed by atoms with Crippen LogP contribution >= 0.6 is 8.20 Å². The molecule has 1 aromatic carbocycles. The van der Waals surface area contributed by atoms with E-state index in [-0.39, 0.29) is 6.61 Å². The van der Waals surface area contributed by atoms with Crippen LogP contribution in [-0.4, -0.2) is 17.5 Å². The van der Waals surface area contributed by atoms with Crippen LogP contribution in [0.4, 0.5) is 0 Å². The molecule has 0 heterocycles. The number of aliphatic hydroxyl groups is 1. The van der Waals surface area contributed by atoms with E-state index < -0.39 is 0 Å². The topological polar surface area (TPSA) is 20.2 Å². The van der Waals surface area contributed by atoms with Gasteiger partial charge in [0.2, 0.25) is 0 Å². The van der Waals surface area contributed by atoms with Gasteiger partial charge in [-0.05, 0) is 5.80 Å². The van der Waals surface area contributed by atoms with Crippen LogP contribution in [0.2, 0.25) is 0 Å². The molecule has 0 unspecified atom stereocenters. The van der Waals surface area contributed by atoms with Crippen molar-refractivity contribution in [1.29, 1.82) is 0 Å². The average Bonchev–Trinajstić information content (AvgIpc) is 2.03. The van der Waals surface area contributed by atoms with Gasteiger partial charge in [0.15, 0.2) is 0 Å². The van der Waals surface area contributed by atoms with Gasteiger partial charge in [0.1, 0.15) is 0 Å². The standard InChI is InChI=1S/C8H9OP/c9-6-7-10-8-4-2-1-3-5-8/h1-5,7,9H,6H2. The van der Waals surface area contributed by atoms with Crippen molar-refractivity contribution in [3.8, 4) is 0 Å². The molecule has 0 saturated heterocycles. The molecular weight excluding hydrogens is 143 g/mol. The average molecular weight is 152 g/mol. The molecule has 0 spiro atoms. The van der Waals surface area contributed by atoms with Crippen LogP contribution in [-0.2, 0) is 0 Å². The zero-order valence-electron chi connectivity index (χ0n) is 5.57. The molecule has 52 valence electrons. The Hall–Kier alpha value is -0.650. The third kappa shape index (κ3) is 2.30. The summed E-state index contributed by atoms with van der Waals surface area (Å²) in [6.07, 6.45) is 0. The number of benzene rings is 1. The van der Waals surface area contributed by atoms with E-state index in [2.05, 4.69) is 0 Å². The maximum atomic E-state index is 8.47. The van der Waals surface area contributed by atoms with Gasteiger partial charge in [-0.2, -0.15) is 0 Å². The Balaban J connectivity index is 2.67. The van der Waals surface area contributed by atoms with Crippen LogP contribution < -0.4 is 5.30 Å². The Morgan fingerprint density at radius 1 is 1.30 bits per heavy atom. The van der Waals surface area contributed by atoms with E-state index in [1.807, 2.05) is 36.1 Å². The minimum atomic E-state index is 0.149. The van der Waals surface area contributed by atoms with Crippen molar-refractivity contribution in [3.05, 3.63) is 30.3 Å². The Kier molecular flexibility index (Phi) is 3.14. The molecule has 1 aromatic rings. The summed E-state index contributed by atoms with van der Waals surface area (Å²) in [6.45, 7) is 0.149. The van der Waals surface area contributed by atoms with E-state index in [1.54, 1.807) is 0 Å². The lowest BCUT2D eigenvalue weighted by atomic mass is 10.4. The molecule has 0 saturated carbocycles. The van der Waals surface area contributed by atoms with E-state index in [1.165, 1.54) is 5.30 Å². The molecule has 0 bridgehead atoms. The summed E-state index contributed by atoms with van der Waals surface area (Å²) in [6, 6.07) is 10.0. The maximum Gasteiger partial charge on any atom is 0.0657 e. The lowest BCUT2D eigenvalue weighted by Gasteiger charge is -1.87. The summed E-state index contributed by atoms with van der Waals surface area (Å²) >= 11 is 0. The van der Waals surface area contributed by atoms with E-state index in [4.69, 9.17) is 5.11 Å². The first-order valence-corrected chi connectivity index (χ1v) is 4.08. The molecule has 0 aliphatic heterocycles. The normalized spacial score (nSPS) is 10.5. The van der Waals surface area contributed by atoms with E-state index in [9.17, 15) is 0 Å². The minimum absolute atomic E-state index is 0.149. The fourth-order valence-electron chi connectivity index (χ4n) is 0.660. The second-order valence-corrected chi connectivity index (χ2v) is 2.97. The van der Waals surface area contributed by atoms with Crippen LogP contribution in [0.15, 0.2) is 30.3 Å². The number of hydrogen-bond donors (Lipinski definition) is 1. The zero-order valence-corrected chi connectivity index (χ0v) is 6.46. The van der Waals surface area contributed by atoms with Gasteiger partial charge >= 0.3 is 0 Å². The number of rotatable bonds is 2. The molecule has 0 aromatic heterocycles. The van der Waals surface area contributed by atoms with Gasteiger partial charge in [0.05, 0.1) is 6.61 Å². The predicted molar refractivity (Wildman–Crippen MR) is 46.1 cm³/mol. The molecule has 0 radical (unpaired) electrons. The first-order chi connectivity index (χ1) is 4.93. The summed E-state index contributed by atoms with van der Waals surface area (Å²) in [4.78, 5) is 0. The van der Waals surface area contributed by atoms with Crippen LogP contribution in [0.3, 0.4) is 0 Å². The molecule has 0 aliphatic carbocycles. The Morgan fingerprint density at radius 3 is 2.60 bits per heavy atom. The van der Waals surface area contributed by atoms with E-state index in [0.29, 0.717) is 0 Å². The first-order valence-electron chi connectivity index (χ1n) is 3.12. The van der Waals surface area contributed by atoms with Gasteiger partial charge in [-0.3, -0.25) is 0 Å². The number of aliphatic hydroxyl groups excluding tert-OH is 1. The lowest BCUT2D eigenvalue weighted by Crippen LogP contribution is -1.89. The third-order valence-electron chi connectivity index (χ3n) is 1.08. The van der Waals surface area contributed by atoms with Crippen molar-refractivity contribution >= 4 is 19.3 Å². The Bertz CT molecular complexity index is 206. The molecule has 10 heavy (non-hydrogen) atoms. The fraction of sp³-hybridized carbons (Fsp3) is 0.125. The summed E-state index contributed by atoms with van der Waals surface area (Å²) < 4.78 is 0. The molecule has 0 amide bonds. The van der Waals surface area contributed by atoms with Crippen LogP contribution in [0.5, 0.6) is 0 Å². The number of hydrogen-bond acceptors (Lipinski definition) is 1. The molecule has 0 atom stereocenters. The zero-order chi connectivity index (χ0) is 7.23. The lowest BCUT2D eigenvalue weighted by molar-refractivity contribution is 0.363. The molecule has 0 aliphatic rings. The van der Waals surface area contributed by atoms with Gasteiger partial charge in [-0.25, -0.2) is 0 Å². The fourth-order valence-corrected chi connectivity index (χ4v) is 1.30. The van der Waals surface area contributed by atoms with Gasteiger partial charge in [-0.1, -0.05) is 38.5 Å². The highest BCUT2D eigenvalue weighted by atomic mass is 31.1. The van der Waals surface area contributed by atoms with Gasteiger partial charge < -0.3 is 5.11 Å². The third-order valence-corrected chi connectivity index (χ3v) is 2.02. The van der Waals surface area contributed by atoms with Gasteiger partial charge in [0, 0.05) is 5.30 Å². The Labute approximate surface area is 62.1 Å². The van der Waals surface area contributed by atoms with Crippen molar-refractivity contribution in [2.45, 2.75) is 0 Å². The van der Waals surface area contributed by atoms with Crippen molar-refractivity contribution in [3.63, 3.8) is 0 Å². The summed E-state index contributed by atoms with van der Waals surface area (Å²) in [7, 11) is 1.09. The van der Waals surface area contributed by atoms with Crippen LogP contribution in [0.1, 0.15) is 0 Å². The summed E-state index contributed by atoms with van der Waals surface area (Å²) in [5.41, 5.74) is 0. The van der Waals surface area contributed by atoms with Crippen molar-refractivity contribution in [2.75, 3.05) is 6.61 Å². The van der Waals surface area contributed by atoms with Crippen molar-refractivity contribution in [2.24, 2.45) is 0 Å². The smallest absolute Gasteiger partial charge is 0.0657 e. The Morgan fingerprint density at radius 2 is 2.00 bits per heavy atom. The monoisotopic (exact) mass is 152 g/mol. The summed E-state index contributed by atoms with van der Waals surface area (Å²) in [5, 5.41) is 9.68. The first kappa shape index (κ1) is 7.46. The second kappa shape index (κ2) is 4.21. The maximum absolute atomic E-state index is 8.47. The van der Waals surface area contributed by atoms with Crippen molar-refractivity contribution < 1.29 is 5.11 Å². The molecule has 0 fully saturated rings. The highest BCUT2D eigenvalue weighted by Crippen LogP contribution is 1.94. The van der Waals surface area contributed by atoms with Crippen molar-refractivity contribution in [1.82, 2.24) is 0 Å². The van der Waals surface area contributed by atoms with E-state index in [0.717, 1.165) is 8.20 Å². The minimum Gasteiger partial charge on any atom is -0.392 e. The highest BCUT2D eigenvalue weighted by Gasteiger charge is 1.80. The second-order valence-electron chi connectivity index (χ2n) is 1.83. The predicted octanol–water partition coefficient (Wildman–Crippen LogP) is 1.05. The molecule has 1 rings (SSSR count). The molecular formula is C8H9OP. The highest BCUT2D eigenvalue weighted by molar-refractivity contribution is 7.47. The van der Waals surface area contributed by atoms with Crippen LogP contribution in [0, 0.1) is 0 Å². The van der Waals surface area contributed by atoms with Gasteiger partial charge in [-0.15, -0.1) is 0 Å². The molecule has 2 heteroatoms. The van der Waals surface area contributed by atoms with E-state index >= 15 is 0 Å².